The van der Waals surface area contributed by atoms with Crippen LogP contribution in [0.5, 0.6) is 0 Å². The van der Waals surface area contributed by atoms with Gasteiger partial charge in [0.15, 0.2) is 12.2 Å². The van der Waals surface area contributed by atoms with Crippen molar-refractivity contribution in [1.29, 1.82) is 0 Å². The fourth-order valence-electron chi connectivity index (χ4n) is 2.55. The second kappa shape index (κ2) is 4.68. The summed E-state index contributed by atoms with van der Waals surface area (Å²) in [6, 6.07) is 0. The summed E-state index contributed by atoms with van der Waals surface area (Å²) in [6.45, 7) is 4.28. The Kier molecular flexibility index (Phi) is 3.38. The molecule has 1 saturated carbocycles. The predicted octanol–water partition coefficient (Wildman–Crippen LogP) is 0.226. The summed E-state index contributed by atoms with van der Waals surface area (Å²) in [5.74, 6) is -1.51. The molecule has 6 nitrogen and oxygen atoms in total. The number of ether oxygens (including phenoxy) is 3. The number of fused-ring (bicyclic) bond motifs is 1. The molecule has 1 aliphatic carbocycles. The van der Waals surface area contributed by atoms with E-state index in [-0.39, 0.29) is 11.9 Å². The van der Waals surface area contributed by atoms with Crippen LogP contribution in [0.25, 0.3) is 0 Å². The number of carbonyl (C=O) groups is 3. The molecule has 100 valence electrons. The van der Waals surface area contributed by atoms with Crippen molar-refractivity contribution in [3.8, 4) is 0 Å². The Bertz CT molecular complexity index is 390. The van der Waals surface area contributed by atoms with Crippen molar-refractivity contribution in [2.24, 2.45) is 5.92 Å². The van der Waals surface area contributed by atoms with E-state index >= 15 is 0 Å². The topological polar surface area (TPSA) is 78.9 Å². The van der Waals surface area contributed by atoms with E-state index in [9.17, 15) is 14.4 Å². The Morgan fingerprint density at radius 1 is 1.17 bits per heavy atom. The van der Waals surface area contributed by atoms with Gasteiger partial charge in [-0.2, -0.15) is 0 Å². The lowest BCUT2D eigenvalue weighted by Gasteiger charge is -2.48. The van der Waals surface area contributed by atoms with Gasteiger partial charge in [-0.3, -0.25) is 14.4 Å². The monoisotopic (exact) mass is 256 g/mol. The molecule has 2 rings (SSSR count). The second-order valence-electron chi connectivity index (χ2n) is 4.72. The molecule has 2 aliphatic rings. The van der Waals surface area contributed by atoms with Crippen LogP contribution in [0.15, 0.2) is 0 Å². The van der Waals surface area contributed by atoms with Gasteiger partial charge in [0, 0.05) is 20.3 Å². The summed E-state index contributed by atoms with van der Waals surface area (Å²) in [5, 5.41) is 0. The van der Waals surface area contributed by atoms with Gasteiger partial charge in [-0.05, 0) is 6.92 Å². The highest BCUT2D eigenvalue weighted by atomic mass is 16.6. The number of hydrogen-bond acceptors (Lipinski definition) is 6. The molecule has 2 fully saturated rings. The zero-order valence-corrected chi connectivity index (χ0v) is 10.5. The van der Waals surface area contributed by atoms with Crippen molar-refractivity contribution >= 4 is 17.7 Å². The average Bonchev–Trinajstić information content (AvgIpc) is 2.21. The van der Waals surface area contributed by atoms with Gasteiger partial charge in [0.05, 0.1) is 18.1 Å². The lowest BCUT2D eigenvalue weighted by Crippen LogP contribution is -2.64. The summed E-state index contributed by atoms with van der Waals surface area (Å²) in [4.78, 5) is 33.8. The first kappa shape index (κ1) is 13.0. The second-order valence-corrected chi connectivity index (χ2v) is 4.72. The number of Topliss-reactive ketones (excluding diaryl/α,β-unsaturated/α-hetero) is 1. The maximum Gasteiger partial charge on any atom is 0.303 e. The zero-order chi connectivity index (χ0) is 13.4. The third-order valence-corrected chi connectivity index (χ3v) is 3.31. The van der Waals surface area contributed by atoms with E-state index in [1.54, 1.807) is 6.92 Å². The highest BCUT2D eigenvalue weighted by molar-refractivity contribution is 5.89. The Balaban J connectivity index is 2.19. The third kappa shape index (κ3) is 2.25. The Morgan fingerprint density at radius 3 is 2.22 bits per heavy atom. The molecule has 0 aromatic heterocycles. The molecule has 6 heteroatoms. The lowest BCUT2D eigenvalue weighted by molar-refractivity contribution is -0.235. The number of hydrogen-bond donors (Lipinski definition) is 0. The number of ketones is 1. The maximum absolute atomic E-state index is 11.6. The fraction of sp³-hybridized carbons (Fsp3) is 0.750. The smallest absolute Gasteiger partial charge is 0.303 e. The van der Waals surface area contributed by atoms with E-state index in [2.05, 4.69) is 0 Å². The molecule has 0 unspecified atom stereocenters. The van der Waals surface area contributed by atoms with Gasteiger partial charge >= 0.3 is 11.9 Å². The maximum atomic E-state index is 11.6. The summed E-state index contributed by atoms with van der Waals surface area (Å²) < 4.78 is 15.9. The molecular weight excluding hydrogens is 240 g/mol. The van der Waals surface area contributed by atoms with Crippen molar-refractivity contribution in [2.45, 2.75) is 51.6 Å². The Morgan fingerprint density at radius 2 is 1.72 bits per heavy atom. The van der Waals surface area contributed by atoms with E-state index in [4.69, 9.17) is 14.2 Å². The van der Waals surface area contributed by atoms with Gasteiger partial charge in [0.1, 0.15) is 5.78 Å². The van der Waals surface area contributed by atoms with Gasteiger partial charge in [-0.25, -0.2) is 0 Å². The molecule has 0 aromatic carbocycles. The third-order valence-electron chi connectivity index (χ3n) is 3.31. The minimum Gasteiger partial charge on any atom is -0.458 e. The number of esters is 2. The van der Waals surface area contributed by atoms with E-state index < -0.39 is 36.2 Å². The Hall–Kier alpha value is -1.43. The summed E-state index contributed by atoms with van der Waals surface area (Å²) in [6.07, 6.45) is -1.76. The van der Waals surface area contributed by atoms with Crippen LogP contribution in [-0.2, 0) is 28.6 Å². The summed E-state index contributed by atoms with van der Waals surface area (Å²) in [5.41, 5.74) is 0. The standard InChI is InChI=1S/C12H16O6/c1-5-11(17-6(2)13)12(18-7(3)14)10-8(15)4-9(10)16-5/h5,9-12H,4H2,1-3H3/t5-,9-,10+,11-,12-/m0/s1. The molecular formula is C12H16O6. The largest absolute Gasteiger partial charge is 0.458 e. The van der Waals surface area contributed by atoms with Crippen LogP contribution in [0.2, 0.25) is 0 Å². The van der Waals surface area contributed by atoms with E-state index in [0.717, 1.165) is 0 Å². The van der Waals surface area contributed by atoms with Crippen molar-refractivity contribution in [1.82, 2.24) is 0 Å². The van der Waals surface area contributed by atoms with Crippen LogP contribution in [-0.4, -0.2) is 42.1 Å². The van der Waals surface area contributed by atoms with Gasteiger partial charge < -0.3 is 14.2 Å². The summed E-state index contributed by atoms with van der Waals surface area (Å²) >= 11 is 0. The van der Waals surface area contributed by atoms with Gasteiger partial charge in [0.25, 0.3) is 0 Å². The molecule has 0 spiro atoms. The van der Waals surface area contributed by atoms with Crippen molar-refractivity contribution in [3.05, 3.63) is 0 Å². The Labute approximate surface area is 105 Å². The molecule has 0 N–H and O–H groups in total. The van der Waals surface area contributed by atoms with Crippen LogP contribution < -0.4 is 0 Å². The number of rotatable bonds is 2. The first-order valence-electron chi connectivity index (χ1n) is 5.92. The summed E-state index contributed by atoms with van der Waals surface area (Å²) in [7, 11) is 0. The molecule has 1 saturated heterocycles. The SMILES string of the molecule is CC(=O)O[C@@H]1[C@@H](OC(C)=O)[C@H](C)O[C@H]2CC(=O)[C@@H]12. The first-order chi connectivity index (χ1) is 8.40. The van der Waals surface area contributed by atoms with E-state index in [1.165, 1.54) is 13.8 Å². The van der Waals surface area contributed by atoms with Crippen LogP contribution in [0.4, 0.5) is 0 Å². The molecule has 18 heavy (non-hydrogen) atoms. The number of carbonyl (C=O) groups excluding carboxylic acids is 3. The molecule has 0 aromatic rings. The highest BCUT2D eigenvalue weighted by Crippen LogP contribution is 2.40. The van der Waals surface area contributed by atoms with E-state index in [0.29, 0.717) is 6.42 Å². The van der Waals surface area contributed by atoms with E-state index in [1.807, 2.05) is 0 Å². The van der Waals surface area contributed by atoms with Gasteiger partial charge in [0.2, 0.25) is 0 Å². The quantitative estimate of drug-likeness (QED) is 0.658. The molecule has 5 atom stereocenters. The zero-order valence-electron chi connectivity index (χ0n) is 10.5. The molecule has 0 radical (unpaired) electrons. The normalized spacial score (nSPS) is 38.4. The van der Waals surface area contributed by atoms with Crippen LogP contribution in [0.3, 0.4) is 0 Å². The van der Waals surface area contributed by atoms with Crippen molar-refractivity contribution < 1.29 is 28.6 Å². The van der Waals surface area contributed by atoms with Gasteiger partial charge in [-0.15, -0.1) is 0 Å². The van der Waals surface area contributed by atoms with Crippen LogP contribution in [0, 0.1) is 5.92 Å². The minimum absolute atomic E-state index is 0.0182. The predicted molar refractivity (Wildman–Crippen MR) is 58.6 cm³/mol. The minimum atomic E-state index is -0.735. The average molecular weight is 256 g/mol. The van der Waals surface area contributed by atoms with Gasteiger partial charge in [-0.1, -0.05) is 0 Å². The highest BCUT2D eigenvalue weighted by Gasteiger charge is 2.56. The van der Waals surface area contributed by atoms with Crippen LogP contribution >= 0.6 is 0 Å². The van der Waals surface area contributed by atoms with Crippen molar-refractivity contribution in [2.75, 3.05) is 0 Å². The molecule has 0 amide bonds. The van der Waals surface area contributed by atoms with Crippen LogP contribution in [0.1, 0.15) is 27.2 Å². The lowest BCUT2D eigenvalue weighted by atomic mass is 9.72. The molecule has 1 aliphatic heterocycles. The molecule has 1 heterocycles. The van der Waals surface area contributed by atoms with Crippen molar-refractivity contribution in [3.63, 3.8) is 0 Å². The first-order valence-corrected chi connectivity index (χ1v) is 5.92. The fourth-order valence-corrected chi connectivity index (χ4v) is 2.55. The molecule has 0 bridgehead atoms.